The van der Waals surface area contributed by atoms with Crippen LogP contribution >= 0.6 is 12.2 Å². The van der Waals surface area contributed by atoms with Crippen LogP contribution in [0.4, 0.5) is 0 Å². The first-order valence-corrected chi connectivity index (χ1v) is 2.56. The summed E-state index contributed by atoms with van der Waals surface area (Å²) in [4.78, 5) is 0. The fraction of sp³-hybridized carbons (Fsp3) is 0.750. The number of hydrogen-bond acceptors (Lipinski definition) is 2. The number of ether oxygens (including phenoxy) is 1. The Bertz CT molecular complexity index is 64.7. The number of rotatable bonds is 1. The Hall–Kier alpha value is -0.310. The minimum atomic E-state index is 0.461. The molecule has 0 aliphatic rings. The summed E-state index contributed by atoms with van der Waals surface area (Å²) in [5, 5.41) is 3.14. The van der Waals surface area contributed by atoms with Crippen LogP contribution in [0.2, 0.25) is 0 Å². The minimum Gasteiger partial charge on any atom is -0.471 e. The normalized spacial score (nSPS) is 7.71. The fourth-order valence-electron chi connectivity index (χ4n) is 0.203. The van der Waals surface area contributed by atoms with Crippen LogP contribution in [0, 0.1) is 0 Å². The second-order valence-electron chi connectivity index (χ2n) is 0.970. The number of hydrogen-bond donors (Lipinski definition) is 1. The molecule has 0 aromatic heterocycles. The summed E-state index contributed by atoms with van der Waals surface area (Å²) in [6, 6.07) is 0. The molecule has 0 spiro atoms. The van der Waals surface area contributed by atoms with E-state index >= 15 is 0 Å². The molecule has 7 heavy (non-hydrogen) atoms. The van der Waals surface area contributed by atoms with Crippen molar-refractivity contribution in [2.75, 3.05) is 13.7 Å². The first kappa shape index (κ1) is 6.69. The SMILES string of the molecule is CCOC(=S)NC. The van der Waals surface area contributed by atoms with E-state index in [4.69, 9.17) is 4.74 Å². The molecule has 0 rings (SSSR count). The Morgan fingerprint density at radius 2 is 2.43 bits per heavy atom. The van der Waals surface area contributed by atoms with E-state index in [-0.39, 0.29) is 0 Å². The van der Waals surface area contributed by atoms with Crippen LogP contribution in [-0.2, 0) is 4.74 Å². The van der Waals surface area contributed by atoms with E-state index in [0.717, 1.165) is 0 Å². The maximum absolute atomic E-state index is 4.81. The Kier molecular flexibility index (Phi) is 3.69. The van der Waals surface area contributed by atoms with Crippen molar-refractivity contribution in [3.8, 4) is 0 Å². The van der Waals surface area contributed by atoms with Gasteiger partial charge in [-0.05, 0) is 19.1 Å². The summed E-state index contributed by atoms with van der Waals surface area (Å²) >= 11 is 4.62. The van der Waals surface area contributed by atoms with Crippen LogP contribution in [0.15, 0.2) is 0 Å². The average molecular weight is 119 g/mol. The third-order valence-electron chi connectivity index (χ3n) is 0.480. The quantitative estimate of drug-likeness (QED) is 0.509. The molecule has 0 aliphatic carbocycles. The molecular formula is C4H9NOS. The molecule has 2 nitrogen and oxygen atoms in total. The van der Waals surface area contributed by atoms with Gasteiger partial charge >= 0.3 is 0 Å². The lowest BCUT2D eigenvalue weighted by atomic mass is 10.9. The lowest BCUT2D eigenvalue weighted by Gasteiger charge is -1.99. The Labute approximate surface area is 48.9 Å². The van der Waals surface area contributed by atoms with Crippen molar-refractivity contribution in [1.29, 1.82) is 0 Å². The van der Waals surface area contributed by atoms with Crippen LogP contribution in [0.25, 0.3) is 0 Å². The maximum atomic E-state index is 4.81. The van der Waals surface area contributed by atoms with Gasteiger partial charge in [0, 0.05) is 7.05 Å². The van der Waals surface area contributed by atoms with E-state index in [2.05, 4.69) is 17.5 Å². The van der Waals surface area contributed by atoms with E-state index < -0.39 is 0 Å². The van der Waals surface area contributed by atoms with Crippen molar-refractivity contribution < 1.29 is 4.74 Å². The molecular weight excluding hydrogens is 110 g/mol. The molecule has 0 saturated heterocycles. The molecule has 0 fully saturated rings. The molecule has 0 radical (unpaired) electrons. The molecule has 0 unspecified atom stereocenters. The number of nitrogens with one attached hydrogen (secondary N) is 1. The summed E-state index contributed by atoms with van der Waals surface area (Å²) in [6.45, 7) is 2.53. The zero-order valence-electron chi connectivity index (χ0n) is 4.52. The van der Waals surface area contributed by atoms with Gasteiger partial charge in [0.1, 0.15) is 0 Å². The van der Waals surface area contributed by atoms with Gasteiger partial charge in [-0.15, -0.1) is 0 Å². The van der Waals surface area contributed by atoms with Gasteiger partial charge in [0.15, 0.2) is 0 Å². The molecule has 3 heteroatoms. The molecule has 0 atom stereocenters. The summed E-state index contributed by atoms with van der Waals surface area (Å²) in [7, 11) is 1.73. The Balaban J connectivity index is 3.00. The number of thiocarbonyl (C=S) groups is 1. The molecule has 0 saturated carbocycles. The monoisotopic (exact) mass is 119 g/mol. The van der Waals surface area contributed by atoms with E-state index in [0.29, 0.717) is 11.8 Å². The predicted molar refractivity (Wildman–Crippen MR) is 33.3 cm³/mol. The first-order chi connectivity index (χ1) is 3.31. The van der Waals surface area contributed by atoms with Crippen molar-refractivity contribution in [2.45, 2.75) is 6.92 Å². The van der Waals surface area contributed by atoms with E-state index in [1.54, 1.807) is 7.05 Å². The van der Waals surface area contributed by atoms with Crippen LogP contribution < -0.4 is 5.32 Å². The van der Waals surface area contributed by atoms with Crippen molar-refractivity contribution in [3.63, 3.8) is 0 Å². The standard InChI is InChI=1S/C4H9NOS/c1-3-6-4(7)5-2/h3H2,1-2H3,(H,5,7). The van der Waals surface area contributed by atoms with Gasteiger partial charge in [-0.2, -0.15) is 0 Å². The van der Waals surface area contributed by atoms with Gasteiger partial charge in [0.2, 0.25) is 0 Å². The van der Waals surface area contributed by atoms with Gasteiger partial charge in [0.25, 0.3) is 5.17 Å². The first-order valence-electron chi connectivity index (χ1n) is 2.15. The van der Waals surface area contributed by atoms with Crippen LogP contribution in [0.3, 0.4) is 0 Å². The van der Waals surface area contributed by atoms with Crippen LogP contribution in [0.5, 0.6) is 0 Å². The highest BCUT2D eigenvalue weighted by Gasteiger charge is 1.83. The van der Waals surface area contributed by atoms with Gasteiger partial charge in [0.05, 0.1) is 6.61 Å². The highest BCUT2D eigenvalue weighted by molar-refractivity contribution is 7.80. The second-order valence-corrected chi connectivity index (χ2v) is 1.34. The van der Waals surface area contributed by atoms with E-state index in [1.165, 1.54) is 0 Å². The molecule has 1 N–H and O–H groups in total. The van der Waals surface area contributed by atoms with Crippen molar-refractivity contribution in [2.24, 2.45) is 0 Å². The third kappa shape index (κ3) is 3.52. The smallest absolute Gasteiger partial charge is 0.256 e. The predicted octanol–water partition coefficient (Wildman–Crippen LogP) is 0.527. The zero-order chi connectivity index (χ0) is 5.70. The van der Waals surface area contributed by atoms with Gasteiger partial charge in [-0.3, -0.25) is 0 Å². The molecule has 0 heterocycles. The summed E-state index contributed by atoms with van der Waals surface area (Å²) in [5.74, 6) is 0. The van der Waals surface area contributed by atoms with Gasteiger partial charge in [-0.1, -0.05) is 0 Å². The minimum absolute atomic E-state index is 0.461. The van der Waals surface area contributed by atoms with Gasteiger partial charge in [-0.25, -0.2) is 0 Å². The molecule has 0 aromatic rings. The second kappa shape index (κ2) is 3.87. The zero-order valence-corrected chi connectivity index (χ0v) is 5.34. The highest BCUT2D eigenvalue weighted by Crippen LogP contribution is 1.72. The van der Waals surface area contributed by atoms with E-state index in [1.807, 2.05) is 6.92 Å². The molecule has 0 aromatic carbocycles. The Morgan fingerprint density at radius 3 is 2.57 bits per heavy atom. The van der Waals surface area contributed by atoms with Crippen molar-refractivity contribution >= 4 is 17.4 Å². The fourth-order valence-corrected chi connectivity index (χ4v) is 0.321. The van der Waals surface area contributed by atoms with Crippen molar-refractivity contribution in [1.82, 2.24) is 5.32 Å². The average Bonchev–Trinajstić information content (AvgIpc) is 1.68. The molecule has 42 valence electrons. The van der Waals surface area contributed by atoms with Gasteiger partial charge < -0.3 is 10.1 Å². The van der Waals surface area contributed by atoms with Crippen molar-refractivity contribution in [3.05, 3.63) is 0 Å². The lowest BCUT2D eigenvalue weighted by molar-refractivity contribution is 0.323. The van der Waals surface area contributed by atoms with Crippen LogP contribution in [0.1, 0.15) is 6.92 Å². The lowest BCUT2D eigenvalue weighted by Crippen LogP contribution is -2.18. The summed E-state index contributed by atoms with van der Waals surface area (Å²) in [5.41, 5.74) is 0. The molecule has 0 bridgehead atoms. The molecule has 0 amide bonds. The highest BCUT2D eigenvalue weighted by atomic mass is 32.1. The third-order valence-corrected chi connectivity index (χ3v) is 0.802. The molecule has 0 aliphatic heterocycles. The summed E-state index contributed by atoms with van der Waals surface area (Å²) in [6.07, 6.45) is 0. The maximum Gasteiger partial charge on any atom is 0.256 e. The summed E-state index contributed by atoms with van der Waals surface area (Å²) < 4.78 is 4.81. The largest absolute Gasteiger partial charge is 0.471 e. The van der Waals surface area contributed by atoms with E-state index in [9.17, 15) is 0 Å². The van der Waals surface area contributed by atoms with Crippen LogP contribution in [-0.4, -0.2) is 18.8 Å². The Morgan fingerprint density at radius 1 is 1.86 bits per heavy atom. The topological polar surface area (TPSA) is 21.3 Å².